The smallest absolute Gasteiger partial charge is 0.254 e. The Labute approximate surface area is 181 Å². The van der Waals surface area contributed by atoms with E-state index >= 15 is 0 Å². The first-order chi connectivity index (χ1) is 14.9. The fraction of sp³-hybridized carbons (Fsp3) is 0.409. The van der Waals surface area contributed by atoms with Crippen LogP contribution in [0.25, 0.3) is 0 Å². The molecule has 2 aromatic carbocycles. The minimum Gasteiger partial charge on any atom is -0.394 e. The Hall–Kier alpha value is -2.33. The number of aliphatic hydroxyl groups is 1. The van der Waals surface area contributed by atoms with Gasteiger partial charge in [0, 0.05) is 6.54 Å². The zero-order valence-corrected chi connectivity index (χ0v) is 17.9. The van der Waals surface area contributed by atoms with E-state index in [2.05, 4.69) is 10.0 Å². The van der Waals surface area contributed by atoms with Gasteiger partial charge in [-0.1, -0.05) is 42.5 Å². The molecular formula is C22H27FN2O5S. The van der Waals surface area contributed by atoms with E-state index in [-0.39, 0.29) is 30.6 Å². The lowest BCUT2D eigenvalue weighted by Gasteiger charge is -2.36. The van der Waals surface area contributed by atoms with E-state index < -0.39 is 33.9 Å². The number of rotatable bonds is 9. The average molecular weight is 451 g/mol. The van der Waals surface area contributed by atoms with Gasteiger partial charge in [-0.25, -0.2) is 17.5 Å². The number of halogens is 1. The topological polar surface area (TPSA) is 105 Å². The van der Waals surface area contributed by atoms with Gasteiger partial charge in [-0.05, 0) is 37.0 Å². The van der Waals surface area contributed by atoms with Crippen LogP contribution in [0.5, 0.6) is 0 Å². The van der Waals surface area contributed by atoms with Gasteiger partial charge in [0.25, 0.3) is 5.91 Å². The van der Waals surface area contributed by atoms with Gasteiger partial charge in [0.05, 0.1) is 30.1 Å². The minimum absolute atomic E-state index is 0.0610. The molecule has 3 rings (SSSR count). The molecule has 3 N–H and O–H groups in total. The van der Waals surface area contributed by atoms with Crippen molar-refractivity contribution in [1.82, 2.24) is 10.0 Å². The Morgan fingerprint density at radius 3 is 2.52 bits per heavy atom. The van der Waals surface area contributed by atoms with Gasteiger partial charge >= 0.3 is 0 Å². The summed E-state index contributed by atoms with van der Waals surface area (Å²) in [6, 6.07) is 14.1. The number of carbonyl (C=O) groups excluding carboxylic acids is 1. The second-order valence-corrected chi connectivity index (χ2v) is 9.35. The van der Waals surface area contributed by atoms with Crippen molar-refractivity contribution in [2.45, 2.75) is 43.3 Å². The van der Waals surface area contributed by atoms with Crippen LogP contribution in [0.2, 0.25) is 0 Å². The van der Waals surface area contributed by atoms with E-state index in [1.165, 1.54) is 18.2 Å². The fourth-order valence-electron chi connectivity index (χ4n) is 3.62. The number of nitrogens with one attached hydrogen (secondary N) is 2. The molecule has 2 aromatic rings. The van der Waals surface area contributed by atoms with Crippen molar-refractivity contribution in [1.29, 1.82) is 0 Å². The lowest BCUT2D eigenvalue weighted by Crippen LogP contribution is -2.51. The molecule has 1 heterocycles. The normalized spacial score (nSPS) is 21.5. The molecule has 3 atom stereocenters. The van der Waals surface area contributed by atoms with Crippen LogP contribution in [-0.2, 0) is 20.5 Å². The standard InChI is InChI=1S/C22H27FN2O5S/c23-19-9-5-4-8-18(19)22(27)25-20-11-10-17(30-21(20)14-26)12-13-24-31(28,29)15-16-6-2-1-3-7-16/h1-9,17,20-21,24,26H,10-15H2,(H,25,27)/t17-,20-,21-/m1/s1. The first-order valence-corrected chi connectivity index (χ1v) is 11.9. The lowest BCUT2D eigenvalue weighted by atomic mass is 9.96. The first kappa shape index (κ1) is 23.3. The number of hydrogen-bond acceptors (Lipinski definition) is 5. The molecule has 9 heteroatoms. The van der Waals surface area contributed by atoms with Crippen molar-refractivity contribution < 1.29 is 27.4 Å². The van der Waals surface area contributed by atoms with E-state index in [9.17, 15) is 22.7 Å². The van der Waals surface area contributed by atoms with Crippen LogP contribution in [0.15, 0.2) is 54.6 Å². The molecule has 0 bridgehead atoms. The molecule has 168 valence electrons. The number of sulfonamides is 1. The summed E-state index contributed by atoms with van der Waals surface area (Å²) in [6.45, 7) is -0.0946. The minimum atomic E-state index is -3.46. The number of ether oxygens (including phenoxy) is 1. The second-order valence-electron chi connectivity index (χ2n) is 7.54. The summed E-state index contributed by atoms with van der Waals surface area (Å²) in [6.07, 6.45) is 0.665. The third kappa shape index (κ3) is 6.83. The first-order valence-electron chi connectivity index (χ1n) is 10.2. The van der Waals surface area contributed by atoms with E-state index in [1.54, 1.807) is 30.3 Å². The Morgan fingerprint density at radius 1 is 1.10 bits per heavy atom. The molecule has 1 aliphatic rings. The Bertz CT molecular complexity index is 971. The highest BCUT2D eigenvalue weighted by molar-refractivity contribution is 7.88. The van der Waals surface area contributed by atoms with Gasteiger partial charge in [-0.2, -0.15) is 0 Å². The molecule has 0 saturated carbocycles. The zero-order chi connectivity index (χ0) is 22.3. The maximum absolute atomic E-state index is 13.8. The van der Waals surface area contributed by atoms with Crippen LogP contribution >= 0.6 is 0 Å². The average Bonchev–Trinajstić information content (AvgIpc) is 2.75. The van der Waals surface area contributed by atoms with Crippen LogP contribution in [-0.4, -0.2) is 50.8 Å². The molecule has 1 aliphatic heterocycles. The maximum atomic E-state index is 13.8. The molecule has 1 fully saturated rings. The molecule has 31 heavy (non-hydrogen) atoms. The van der Waals surface area contributed by atoms with E-state index in [1.807, 2.05) is 6.07 Å². The predicted molar refractivity (Wildman–Crippen MR) is 114 cm³/mol. The molecule has 0 spiro atoms. The van der Waals surface area contributed by atoms with Crippen LogP contribution in [0.1, 0.15) is 35.2 Å². The van der Waals surface area contributed by atoms with E-state index in [0.29, 0.717) is 24.8 Å². The lowest BCUT2D eigenvalue weighted by molar-refractivity contribution is -0.0891. The Balaban J connectivity index is 1.47. The number of benzene rings is 2. The highest BCUT2D eigenvalue weighted by atomic mass is 32.2. The maximum Gasteiger partial charge on any atom is 0.254 e. The van der Waals surface area contributed by atoms with Crippen molar-refractivity contribution in [2.24, 2.45) is 0 Å². The van der Waals surface area contributed by atoms with Crippen molar-refractivity contribution in [3.63, 3.8) is 0 Å². The van der Waals surface area contributed by atoms with Gasteiger partial charge in [-0.15, -0.1) is 0 Å². The fourth-order valence-corrected chi connectivity index (χ4v) is 4.78. The van der Waals surface area contributed by atoms with E-state index in [0.717, 1.165) is 0 Å². The predicted octanol–water partition coefficient (Wildman–Crippen LogP) is 1.97. The third-order valence-electron chi connectivity index (χ3n) is 5.22. The van der Waals surface area contributed by atoms with Crippen LogP contribution in [0.3, 0.4) is 0 Å². The summed E-state index contributed by atoms with van der Waals surface area (Å²) in [5.74, 6) is -1.27. The molecule has 1 amide bonds. The van der Waals surface area contributed by atoms with Crippen LogP contribution in [0.4, 0.5) is 4.39 Å². The van der Waals surface area contributed by atoms with Gasteiger partial charge in [0.15, 0.2) is 0 Å². The van der Waals surface area contributed by atoms with Crippen molar-refractivity contribution >= 4 is 15.9 Å². The monoisotopic (exact) mass is 450 g/mol. The molecular weight excluding hydrogens is 423 g/mol. The molecule has 1 saturated heterocycles. The van der Waals surface area contributed by atoms with E-state index in [4.69, 9.17) is 4.74 Å². The molecule has 0 aromatic heterocycles. The number of hydrogen-bond donors (Lipinski definition) is 3. The largest absolute Gasteiger partial charge is 0.394 e. The molecule has 0 aliphatic carbocycles. The van der Waals surface area contributed by atoms with Gasteiger partial charge in [-0.3, -0.25) is 4.79 Å². The van der Waals surface area contributed by atoms with Gasteiger partial charge in [0.2, 0.25) is 10.0 Å². The van der Waals surface area contributed by atoms with Crippen LogP contribution < -0.4 is 10.0 Å². The van der Waals surface area contributed by atoms with Crippen molar-refractivity contribution in [3.8, 4) is 0 Å². The number of carbonyl (C=O) groups is 1. The van der Waals surface area contributed by atoms with Crippen molar-refractivity contribution in [2.75, 3.05) is 13.2 Å². The zero-order valence-electron chi connectivity index (χ0n) is 17.0. The summed E-state index contributed by atoms with van der Waals surface area (Å²) in [4.78, 5) is 12.3. The third-order valence-corrected chi connectivity index (χ3v) is 6.58. The summed E-state index contributed by atoms with van der Waals surface area (Å²) in [5, 5.41) is 12.4. The summed E-state index contributed by atoms with van der Waals surface area (Å²) in [7, 11) is -3.46. The summed E-state index contributed by atoms with van der Waals surface area (Å²) >= 11 is 0. The highest BCUT2D eigenvalue weighted by Crippen LogP contribution is 2.22. The molecule has 0 unspecified atom stereocenters. The second kappa shape index (κ2) is 10.8. The number of amides is 1. The Kier molecular flexibility index (Phi) is 8.14. The van der Waals surface area contributed by atoms with Crippen LogP contribution in [0, 0.1) is 5.82 Å². The Morgan fingerprint density at radius 2 is 1.81 bits per heavy atom. The van der Waals surface area contributed by atoms with Gasteiger partial charge in [0.1, 0.15) is 11.9 Å². The highest BCUT2D eigenvalue weighted by Gasteiger charge is 2.32. The number of aliphatic hydroxyl groups excluding tert-OH is 1. The molecule has 7 nitrogen and oxygen atoms in total. The van der Waals surface area contributed by atoms with Gasteiger partial charge < -0.3 is 15.2 Å². The molecule has 0 radical (unpaired) electrons. The quantitative estimate of drug-likeness (QED) is 0.542. The summed E-state index contributed by atoms with van der Waals surface area (Å²) < 4.78 is 46.7. The summed E-state index contributed by atoms with van der Waals surface area (Å²) in [5.41, 5.74) is 0.645. The van der Waals surface area contributed by atoms with Crippen molar-refractivity contribution in [3.05, 3.63) is 71.5 Å². The SMILES string of the molecule is O=C(N[C@@H]1CC[C@H](CCNS(=O)(=O)Cc2ccccc2)O[C@@H]1CO)c1ccccc1F.